The van der Waals surface area contributed by atoms with Crippen LogP contribution in [0, 0.1) is 6.92 Å². The molecular formula is C18H18N4O. The molecule has 0 bridgehead atoms. The Morgan fingerprint density at radius 2 is 1.91 bits per heavy atom. The first-order valence-electron chi connectivity index (χ1n) is 7.53. The van der Waals surface area contributed by atoms with Gasteiger partial charge >= 0.3 is 0 Å². The summed E-state index contributed by atoms with van der Waals surface area (Å²) in [5.74, 6) is 0.770. The van der Waals surface area contributed by atoms with E-state index in [1.165, 1.54) is 0 Å². The van der Waals surface area contributed by atoms with Crippen LogP contribution < -0.4 is 5.32 Å². The van der Waals surface area contributed by atoms with Crippen LogP contribution in [0.1, 0.15) is 22.0 Å². The minimum absolute atomic E-state index is 0.162. The van der Waals surface area contributed by atoms with E-state index >= 15 is 0 Å². The molecule has 0 atom stereocenters. The van der Waals surface area contributed by atoms with Gasteiger partial charge in [-0.15, -0.1) is 0 Å². The Labute approximate surface area is 135 Å². The summed E-state index contributed by atoms with van der Waals surface area (Å²) in [5, 5.41) is 2.87. The zero-order valence-electron chi connectivity index (χ0n) is 12.9. The Balaban J connectivity index is 1.60. The van der Waals surface area contributed by atoms with E-state index in [0.29, 0.717) is 18.7 Å². The van der Waals surface area contributed by atoms with Gasteiger partial charge < -0.3 is 9.88 Å². The number of amides is 1. The number of rotatable bonds is 5. The Hall–Kier alpha value is -2.95. The number of imidazole rings is 1. The fourth-order valence-electron chi connectivity index (χ4n) is 2.40. The molecule has 0 saturated heterocycles. The quantitative estimate of drug-likeness (QED) is 0.788. The molecule has 2 heterocycles. The molecule has 0 unspecified atom stereocenters. The number of para-hydroxylation sites is 1. The number of nitrogens with one attached hydrogen (secondary N) is 1. The van der Waals surface area contributed by atoms with Crippen molar-refractivity contribution in [3.8, 4) is 5.69 Å². The molecule has 1 amide bonds. The maximum Gasteiger partial charge on any atom is 0.269 e. The lowest BCUT2D eigenvalue weighted by Crippen LogP contribution is -2.26. The predicted molar refractivity (Wildman–Crippen MR) is 88.6 cm³/mol. The number of aryl methyl sites for hydroxylation is 1. The molecular weight excluding hydrogens is 288 g/mol. The molecule has 1 N–H and O–H groups in total. The summed E-state index contributed by atoms with van der Waals surface area (Å²) in [6.45, 7) is 2.50. The number of nitrogens with zero attached hydrogens (tertiary/aromatic N) is 3. The Bertz CT molecular complexity index is 781. The first-order chi connectivity index (χ1) is 11.2. The Morgan fingerprint density at radius 3 is 2.65 bits per heavy atom. The van der Waals surface area contributed by atoms with E-state index in [9.17, 15) is 4.79 Å². The molecule has 3 rings (SSSR count). The lowest BCUT2D eigenvalue weighted by Gasteiger charge is -2.03. The summed E-state index contributed by atoms with van der Waals surface area (Å²) >= 11 is 0. The van der Waals surface area contributed by atoms with Crippen LogP contribution in [-0.2, 0) is 6.42 Å². The van der Waals surface area contributed by atoms with Gasteiger partial charge in [0.1, 0.15) is 11.5 Å². The van der Waals surface area contributed by atoms with Gasteiger partial charge in [0.25, 0.3) is 5.91 Å². The van der Waals surface area contributed by atoms with Crippen molar-refractivity contribution in [1.29, 1.82) is 0 Å². The lowest BCUT2D eigenvalue weighted by atomic mass is 10.3. The van der Waals surface area contributed by atoms with E-state index in [1.54, 1.807) is 24.4 Å². The standard InChI is InChI=1S/C18H18N4O/c1-14-21-15(13-22(14)16-7-3-2-4-8-16)10-12-20-18(23)17-9-5-6-11-19-17/h2-9,11,13H,10,12H2,1H3,(H,20,23). The van der Waals surface area contributed by atoms with Gasteiger partial charge in [-0.1, -0.05) is 24.3 Å². The maximum absolute atomic E-state index is 11.9. The summed E-state index contributed by atoms with van der Waals surface area (Å²) in [6.07, 6.45) is 4.30. The molecule has 1 aromatic carbocycles. The molecule has 0 spiro atoms. The van der Waals surface area contributed by atoms with Crippen LogP contribution in [0.25, 0.3) is 5.69 Å². The lowest BCUT2D eigenvalue weighted by molar-refractivity contribution is 0.0949. The van der Waals surface area contributed by atoms with Crippen molar-refractivity contribution in [3.63, 3.8) is 0 Å². The Kier molecular flexibility index (Phi) is 4.47. The van der Waals surface area contributed by atoms with Crippen molar-refractivity contribution in [3.05, 3.63) is 78.1 Å². The largest absolute Gasteiger partial charge is 0.350 e. The van der Waals surface area contributed by atoms with Gasteiger partial charge in [0.15, 0.2) is 0 Å². The molecule has 0 fully saturated rings. The molecule has 23 heavy (non-hydrogen) atoms. The molecule has 0 aliphatic carbocycles. The summed E-state index contributed by atoms with van der Waals surface area (Å²) < 4.78 is 2.05. The molecule has 0 aliphatic rings. The Morgan fingerprint density at radius 1 is 1.13 bits per heavy atom. The van der Waals surface area contributed by atoms with Crippen LogP contribution >= 0.6 is 0 Å². The summed E-state index contributed by atoms with van der Waals surface area (Å²) in [7, 11) is 0. The van der Waals surface area contributed by atoms with Gasteiger partial charge in [-0.25, -0.2) is 4.98 Å². The van der Waals surface area contributed by atoms with E-state index in [-0.39, 0.29) is 5.91 Å². The third kappa shape index (κ3) is 3.63. The fraction of sp³-hybridized carbons (Fsp3) is 0.167. The first-order valence-corrected chi connectivity index (χ1v) is 7.53. The average Bonchev–Trinajstić information content (AvgIpc) is 2.97. The number of hydrogen-bond acceptors (Lipinski definition) is 3. The van der Waals surface area contributed by atoms with Gasteiger partial charge in [-0.05, 0) is 31.2 Å². The third-order valence-electron chi connectivity index (χ3n) is 3.53. The highest BCUT2D eigenvalue weighted by Crippen LogP contribution is 2.12. The van der Waals surface area contributed by atoms with Crippen LogP contribution in [0.2, 0.25) is 0 Å². The van der Waals surface area contributed by atoms with E-state index in [2.05, 4.69) is 19.9 Å². The van der Waals surface area contributed by atoms with Crippen LogP contribution in [0.4, 0.5) is 0 Å². The topological polar surface area (TPSA) is 59.8 Å². The van der Waals surface area contributed by atoms with Crippen molar-refractivity contribution >= 4 is 5.91 Å². The van der Waals surface area contributed by atoms with Gasteiger partial charge in [0.2, 0.25) is 0 Å². The van der Waals surface area contributed by atoms with Crippen LogP contribution in [0.3, 0.4) is 0 Å². The second-order valence-electron chi connectivity index (χ2n) is 5.21. The second kappa shape index (κ2) is 6.87. The van der Waals surface area contributed by atoms with Crippen molar-refractivity contribution in [1.82, 2.24) is 19.9 Å². The molecule has 0 saturated carbocycles. The molecule has 5 nitrogen and oxygen atoms in total. The normalized spacial score (nSPS) is 10.5. The van der Waals surface area contributed by atoms with Crippen molar-refractivity contribution in [2.75, 3.05) is 6.54 Å². The highest BCUT2D eigenvalue weighted by atomic mass is 16.1. The zero-order chi connectivity index (χ0) is 16.1. The molecule has 0 aliphatic heterocycles. The highest BCUT2D eigenvalue weighted by Gasteiger charge is 2.08. The first kappa shape index (κ1) is 15.0. The molecule has 0 radical (unpaired) electrons. The van der Waals surface area contributed by atoms with Crippen molar-refractivity contribution in [2.45, 2.75) is 13.3 Å². The van der Waals surface area contributed by atoms with E-state index in [1.807, 2.05) is 43.5 Å². The minimum atomic E-state index is -0.162. The molecule has 3 aromatic rings. The summed E-state index contributed by atoms with van der Waals surface area (Å²) in [6, 6.07) is 15.4. The fourth-order valence-corrected chi connectivity index (χ4v) is 2.40. The number of carbonyl (C=O) groups is 1. The maximum atomic E-state index is 11.9. The zero-order valence-corrected chi connectivity index (χ0v) is 12.9. The third-order valence-corrected chi connectivity index (χ3v) is 3.53. The van der Waals surface area contributed by atoms with E-state index < -0.39 is 0 Å². The number of carbonyl (C=O) groups excluding carboxylic acids is 1. The predicted octanol–water partition coefficient (Wildman–Crippen LogP) is 2.55. The number of aromatic nitrogens is 3. The van der Waals surface area contributed by atoms with Crippen molar-refractivity contribution in [2.24, 2.45) is 0 Å². The highest BCUT2D eigenvalue weighted by molar-refractivity contribution is 5.92. The van der Waals surface area contributed by atoms with Gasteiger partial charge in [0.05, 0.1) is 5.69 Å². The van der Waals surface area contributed by atoms with Gasteiger partial charge in [0, 0.05) is 31.0 Å². The SMILES string of the molecule is Cc1nc(CCNC(=O)c2ccccn2)cn1-c1ccccc1. The van der Waals surface area contributed by atoms with Crippen LogP contribution in [-0.4, -0.2) is 27.0 Å². The van der Waals surface area contributed by atoms with Gasteiger partial charge in [-0.2, -0.15) is 0 Å². The molecule has 5 heteroatoms. The minimum Gasteiger partial charge on any atom is -0.350 e. The summed E-state index contributed by atoms with van der Waals surface area (Å²) in [4.78, 5) is 20.5. The average molecular weight is 306 g/mol. The molecule has 116 valence electrons. The van der Waals surface area contributed by atoms with Crippen molar-refractivity contribution < 1.29 is 4.79 Å². The monoisotopic (exact) mass is 306 g/mol. The van der Waals surface area contributed by atoms with Crippen LogP contribution in [0.15, 0.2) is 60.9 Å². The molecule has 2 aromatic heterocycles. The van der Waals surface area contributed by atoms with Gasteiger partial charge in [-0.3, -0.25) is 9.78 Å². The van der Waals surface area contributed by atoms with E-state index in [4.69, 9.17) is 0 Å². The second-order valence-corrected chi connectivity index (χ2v) is 5.21. The summed E-state index contributed by atoms with van der Waals surface area (Å²) in [5.41, 5.74) is 2.47. The number of pyridine rings is 1. The van der Waals surface area contributed by atoms with Crippen LogP contribution in [0.5, 0.6) is 0 Å². The number of benzene rings is 1. The number of hydrogen-bond donors (Lipinski definition) is 1. The smallest absolute Gasteiger partial charge is 0.269 e. The van der Waals surface area contributed by atoms with E-state index in [0.717, 1.165) is 17.2 Å².